The van der Waals surface area contributed by atoms with E-state index in [-0.39, 0.29) is 24.0 Å². The topological polar surface area (TPSA) is 89.0 Å². The Bertz CT molecular complexity index is 986. The number of benzene rings is 1. The monoisotopic (exact) mass is 457 g/mol. The number of nitrogens with zero attached hydrogens (tertiary/aromatic N) is 3. The zero-order valence-electron chi connectivity index (χ0n) is 18.1. The van der Waals surface area contributed by atoms with Gasteiger partial charge in [-0.15, -0.1) is 11.3 Å². The molecular weight excluding hydrogens is 430 g/mol. The van der Waals surface area contributed by atoms with Gasteiger partial charge in [0.05, 0.1) is 0 Å². The number of thiophene rings is 1. The molecule has 9 heteroatoms. The lowest BCUT2D eigenvalue weighted by Crippen LogP contribution is -2.29. The van der Waals surface area contributed by atoms with Gasteiger partial charge in [0, 0.05) is 17.2 Å². The van der Waals surface area contributed by atoms with E-state index in [1.54, 1.807) is 11.3 Å². The molecule has 7 nitrogen and oxygen atoms in total. The molecule has 2 amide bonds. The van der Waals surface area contributed by atoms with E-state index in [1.807, 2.05) is 30.5 Å². The fraction of sp³-hybridized carbons (Fsp3) is 0.364. The normalized spacial score (nSPS) is 11.2. The van der Waals surface area contributed by atoms with Crippen molar-refractivity contribution in [3.63, 3.8) is 0 Å². The van der Waals surface area contributed by atoms with Crippen molar-refractivity contribution in [2.45, 2.75) is 50.6 Å². The first-order chi connectivity index (χ1) is 14.8. The second-order valence-corrected chi connectivity index (χ2v) is 9.75. The lowest BCUT2D eigenvalue weighted by molar-refractivity contribution is 0.252. The van der Waals surface area contributed by atoms with E-state index in [1.165, 1.54) is 22.2 Å². The molecular formula is C22H27N5O2S2. The van der Waals surface area contributed by atoms with Crippen LogP contribution >= 0.6 is 23.1 Å². The lowest BCUT2D eigenvalue weighted by atomic mass is 9.87. The second kappa shape index (κ2) is 10.6. The van der Waals surface area contributed by atoms with Gasteiger partial charge in [0.25, 0.3) is 0 Å². The number of hydrogen-bond donors (Lipinski definition) is 2. The first-order valence-electron chi connectivity index (χ1n) is 10.0. The number of rotatable bonds is 8. The van der Waals surface area contributed by atoms with Crippen molar-refractivity contribution in [2.75, 3.05) is 11.9 Å². The maximum atomic E-state index is 11.9. The number of thioether (sulfide) groups is 1. The van der Waals surface area contributed by atoms with Crippen molar-refractivity contribution in [2.24, 2.45) is 0 Å². The number of carbonyl (C=O) groups excluding carboxylic acids is 1. The first-order valence-corrected chi connectivity index (χ1v) is 11.9. The van der Waals surface area contributed by atoms with Crippen molar-refractivity contribution >= 4 is 35.1 Å². The van der Waals surface area contributed by atoms with E-state index >= 15 is 0 Å². The van der Waals surface area contributed by atoms with Crippen molar-refractivity contribution < 1.29 is 9.53 Å². The van der Waals surface area contributed by atoms with E-state index in [4.69, 9.17) is 4.74 Å². The molecule has 0 aliphatic carbocycles. The summed E-state index contributed by atoms with van der Waals surface area (Å²) in [6.07, 6.45) is 0. The molecule has 0 saturated heterocycles. The number of urea groups is 1. The maximum Gasteiger partial charge on any atom is 0.321 e. The van der Waals surface area contributed by atoms with Gasteiger partial charge in [0.2, 0.25) is 5.95 Å². The number of amides is 2. The summed E-state index contributed by atoms with van der Waals surface area (Å²) in [6, 6.07) is 11.7. The predicted molar refractivity (Wildman–Crippen MR) is 126 cm³/mol. The van der Waals surface area contributed by atoms with E-state index in [9.17, 15) is 4.79 Å². The summed E-state index contributed by atoms with van der Waals surface area (Å²) in [6.45, 7) is 9.05. The van der Waals surface area contributed by atoms with Gasteiger partial charge in [-0.05, 0) is 41.5 Å². The third-order valence-electron chi connectivity index (χ3n) is 4.24. The quantitative estimate of drug-likeness (QED) is 0.450. The summed E-state index contributed by atoms with van der Waals surface area (Å²) in [7, 11) is 0. The van der Waals surface area contributed by atoms with Gasteiger partial charge in [0.15, 0.2) is 11.0 Å². The molecule has 0 spiro atoms. The molecule has 3 rings (SSSR count). The molecule has 2 aromatic heterocycles. The molecule has 2 N–H and O–H groups in total. The number of aromatic nitrogens is 3. The summed E-state index contributed by atoms with van der Waals surface area (Å²) >= 11 is 3.18. The van der Waals surface area contributed by atoms with Crippen LogP contribution < -0.4 is 15.4 Å². The molecule has 1 aromatic carbocycles. The summed E-state index contributed by atoms with van der Waals surface area (Å²) in [5, 5.41) is 7.91. The van der Waals surface area contributed by atoms with Crippen LogP contribution in [0.3, 0.4) is 0 Å². The van der Waals surface area contributed by atoms with Crippen LogP contribution in [0.15, 0.2) is 46.9 Å². The van der Waals surface area contributed by atoms with Gasteiger partial charge in [-0.2, -0.15) is 9.97 Å². The number of anilines is 1. The summed E-state index contributed by atoms with van der Waals surface area (Å²) < 4.78 is 5.88. The maximum absolute atomic E-state index is 11.9. The smallest absolute Gasteiger partial charge is 0.321 e. The van der Waals surface area contributed by atoms with Crippen LogP contribution in [0.5, 0.6) is 5.75 Å². The molecule has 0 unspecified atom stereocenters. The van der Waals surface area contributed by atoms with E-state index < -0.39 is 0 Å². The number of nitrogens with one attached hydrogen (secondary N) is 2. The highest BCUT2D eigenvalue weighted by Gasteiger charge is 2.14. The minimum atomic E-state index is -0.354. The molecule has 164 valence electrons. The van der Waals surface area contributed by atoms with E-state index in [2.05, 4.69) is 64.6 Å². The van der Waals surface area contributed by atoms with Crippen LogP contribution in [0.4, 0.5) is 10.7 Å². The fourth-order valence-electron chi connectivity index (χ4n) is 2.62. The molecule has 31 heavy (non-hydrogen) atoms. The Hall–Kier alpha value is -2.65. The van der Waals surface area contributed by atoms with Gasteiger partial charge in [0.1, 0.15) is 12.4 Å². The Morgan fingerprint density at radius 1 is 1.13 bits per heavy atom. The molecule has 2 heterocycles. The highest BCUT2D eigenvalue weighted by atomic mass is 32.2. The summed E-state index contributed by atoms with van der Waals surface area (Å²) in [4.78, 5) is 26.4. The van der Waals surface area contributed by atoms with E-state index in [0.717, 1.165) is 11.5 Å². The summed E-state index contributed by atoms with van der Waals surface area (Å²) in [5.74, 6) is 2.14. The molecule has 0 aliphatic rings. The Morgan fingerprint density at radius 2 is 1.90 bits per heavy atom. The number of ether oxygens (including phenoxy) is 1. The predicted octanol–water partition coefficient (Wildman–Crippen LogP) is 5.24. The second-order valence-electron chi connectivity index (χ2n) is 7.77. The highest BCUT2D eigenvalue weighted by molar-refractivity contribution is 7.98. The van der Waals surface area contributed by atoms with Crippen LogP contribution in [0.1, 0.15) is 44.0 Å². The molecule has 0 bridgehead atoms. The first kappa shape index (κ1) is 23.0. The van der Waals surface area contributed by atoms with Gasteiger partial charge in [-0.3, -0.25) is 5.32 Å². The Morgan fingerprint density at radius 3 is 2.55 bits per heavy atom. The van der Waals surface area contributed by atoms with Gasteiger partial charge < -0.3 is 10.1 Å². The Kier molecular flexibility index (Phi) is 7.86. The third-order valence-corrected chi connectivity index (χ3v) is 6.19. The average Bonchev–Trinajstić information content (AvgIpc) is 3.24. The zero-order chi connectivity index (χ0) is 22.3. The van der Waals surface area contributed by atoms with Gasteiger partial charge in [-0.1, -0.05) is 50.7 Å². The number of carbonyl (C=O) groups is 1. The fourth-order valence-corrected chi connectivity index (χ4v) is 4.25. The van der Waals surface area contributed by atoms with Crippen LogP contribution in [-0.2, 0) is 17.8 Å². The van der Waals surface area contributed by atoms with Crippen LogP contribution in [-0.4, -0.2) is 27.5 Å². The Balaban J connectivity index is 1.72. The van der Waals surface area contributed by atoms with Gasteiger partial charge >= 0.3 is 6.03 Å². The molecule has 0 atom stereocenters. The minimum Gasteiger partial charge on any atom is -0.486 e. The molecule has 0 saturated carbocycles. The van der Waals surface area contributed by atoms with Crippen LogP contribution in [0, 0.1) is 0 Å². The summed E-state index contributed by atoms with van der Waals surface area (Å²) in [5.41, 5.74) is 1.32. The largest absolute Gasteiger partial charge is 0.486 e. The standard InChI is InChI=1S/C22H27N5O2S2/c1-5-23-20(28)26-19-24-18(25-21(27-19)31-14-17-7-6-12-30-17)13-29-16-10-8-15(9-11-16)22(2,3)4/h6-12H,5,13-14H2,1-4H3,(H2,23,24,25,26,27,28). The van der Waals surface area contributed by atoms with Crippen molar-refractivity contribution in [3.8, 4) is 5.75 Å². The highest BCUT2D eigenvalue weighted by Crippen LogP contribution is 2.25. The van der Waals surface area contributed by atoms with Gasteiger partial charge in [-0.25, -0.2) is 9.78 Å². The van der Waals surface area contributed by atoms with E-state index in [0.29, 0.717) is 17.5 Å². The molecule has 3 aromatic rings. The van der Waals surface area contributed by atoms with Crippen LogP contribution in [0.25, 0.3) is 0 Å². The third kappa shape index (κ3) is 7.22. The lowest BCUT2D eigenvalue weighted by Gasteiger charge is -2.19. The van der Waals surface area contributed by atoms with Crippen molar-refractivity contribution in [1.82, 2.24) is 20.3 Å². The van der Waals surface area contributed by atoms with Crippen molar-refractivity contribution in [1.29, 1.82) is 0 Å². The number of hydrogen-bond acceptors (Lipinski definition) is 7. The average molecular weight is 458 g/mol. The molecule has 0 aliphatic heterocycles. The Labute approximate surface area is 191 Å². The molecule has 0 radical (unpaired) electrons. The molecule has 0 fully saturated rings. The van der Waals surface area contributed by atoms with Crippen LogP contribution in [0.2, 0.25) is 0 Å². The minimum absolute atomic E-state index is 0.0844. The SMILES string of the molecule is CCNC(=O)Nc1nc(COc2ccc(C(C)(C)C)cc2)nc(SCc2cccs2)n1. The zero-order valence-corrected chi connectivity index (χ0v) is 19.8. The van der Waals surface area contributed by atoms with Crippen molar-refractivity contribution in [3.05, 3.63) is 58.0 Å².